The maximum Gasteiger partial charge on any atom is 0.335 e. The van der Waals surface area contributed by atoms with Crippen molar-refractivity contribution >= 4 is 17.7 Å². The number of hydrogen-bond donors (Lipinski definition) is 2. The lowest BCUT2D eigenvalue weighted by molar-refractivity contribution is 0.0697. The topological polar surface area (TPSA) is 69.6 Å². The number of nitrogens with one attached hydrogen (secondary N) is 1. The molecule has 0 atom stereocenters. The van der Waals surface area contributed by atoms with Crippen LogP contribution in [-0.4, -0.2) is 35.1 Å². The zero-order valence-corrected chi connectivity index (χ0v) is 11.0. The van der Waals surface area contributed by atoms with Gasteiger partial charge in [-0.25, -0.2) is 9.59 Å². The van der Waals surface area contributed by atoms with E-state index < -0.39 is 5.97 Å². The van der Waals surface area contributed by atoms with Crippen molar-refractivity contribution in [3.63, 3.8) is 0 Å². The molecule has 0 spiro atoms. The standard InChI is InChI=1S/C15H16N2O3/c1-2-9-17(10-11-3-4-11)15(20)16-13-7-5-12(6-8-13)14(18)19/h1,5-8,11H,3-4,9-10H2,(H,16,20)(H,18,19). The highest BCUT2D eigenvalue weighted by atomic mass is 16.4. The SMILES string of the molecule is C#CCN(CC1CC1)C(=O)Nc1ccc(C(=O)O)cc1. The molecule has 0 aromatic heterocycles. The zero-order valence-electron chi connectivity index (χ0n) is 11.0. The largest absolute Gasteiger partial charge is 0.478 e. The van der Waals surface area contributed by atoms with E-state index in [1.807, 2.05) is 0 Å². The molecule has 20 heavy (non-hydrogen) atoms. The Hall–Kier alpha value is -2.48. The highest BCUT2D eigenvalue weighted by Crippen LogP contribution is 2.29. The average molecular weight is 272 g/mol. The molecule has 104 valence electrons. The van der Waals surface area contributed by atoms with E-state index in [1.54, 1.807) is 17.0 Å². The molecule has 0 bridgehead atoms. The lowest BCUT2D eigenvalue weighted by Crippen LogP contribution is -2.36. The lowest BCUT2D eigenvalue weighted by Gasteiger charge is -2.20. The van der Waals surface area contributed by atoms with Crippen LogP contribution in [0, 0.1) is 18.3 Å². The van der Waals surface area contributed by atoms with Crippen molar-refractivity contribution in [3.05, 3.63) is 29.8 Å². The molecule has 1 fully saturated rings. The first-order valence-electron chi connectivity index (χ1n) is 6.43. The number of nitrogens with zero attached hydrogens (tertiary/aromatic N) is 1. The third-order valence-corrected chi connectivity index (χ3v) is 3.13. The number of carboxylic acid groups (broad SMARTS) is 1. The van der Waals surface area contributed by atoms with Crippen LogP contribution in [0.5, 0.6) is 0 Å². The minimum Gasteiger partial charge on any atom is -0.478 e. The molecular weight excluding hydrogens is 256 g/mol. The van der Waals surface area contributed by atoms with Gasteiger partial charge in [-0.15, -0.1) is 6.42 Å². The molecule has 0 unspecified atom stereocenters. The fourth-order valence-electron chi connectivity index (χ4n) is 1.84. The smallest absolute Gasteiger partial charge is 0.335 e. The predicted molar refractivity (Wildman–Crippen MR) is 75.6 cm³/mol. The van der Waals surface area contributed by atoms with Crippen molar-refractivity contribution in [2.24, 2.45) is 5.92 Å². The number of benzene rings is 1. The number of carboxylic acids is 1. The van der Waals surface area contributed by atoms with E-state index in [9.17, 15) is 9.59 Å². The van der Waals surface area contributed by atoms with Crippen LogP contribution >= 0.6 is 0 Å². The van der Waals surface area contributed by atoms with Gasteiger partial charge in [-0.05, 0) is 43.0 Å². The third-order valence-electron chi connectivity index (χ3n) is 3.13. The number of rotatable bonds is 5. The van der Waals surface area contributed by atoms with Gasteiger partial charge >= 0.3 is 12.0 Å². The minimum absolute atomic E-state index is 0.182. The van der Waals surface area contributed by atoms with E-state index in [-0.39, 0.29) is 18.1 Å². The summed E-state index contributed by atoms with van der Waals surface area (Å²) in [6, 6.07) is 5.77. The van der Waals surface area contributed by atoms with E-state index in [4.69, 9.17) is 11.5 Å². The summed E-state index contributed by atoms with van der Waals surface area (Å²) < 4.78 is 0. The first kappa shape index (κ1) is 13.9. The molecular formula is C15H16N2O3. The van der Waals surface area contributed by atoms with Crippen LogP contribution in [0.25, 0.3) is 0 Å². The Bertz CT molecular complexity index is 541. The maximum atomic E-state index is 12.1. The van der Waals surface area contributed by atoms with Crippen molar-refractivity contribution < 1.29 is 14.7 Å². The summed E-state index contributed by atoms with van der Waals surface area (Å²) in [4.78, 5) is 24.4. The first-order valence-corrected chi connectivity index (χ1v) is 6.43. The Balaban J connectivity index is 1.97. The summed E-state index contributed by atoms with van der Waals surface area (Å²) in [6.07, 6.45) is 7.55. The van der Waals surface area contributed by atoms with Crippen LogP contribution in [0.2, 0.25) is 0 Å². The Morgan fingerprint density at radius 3 is 2.50 bits per heavy atom. The second-order valence-corrected chi connectivity index (χ2v) is 4.84. The molecule has 1 aromatic carbocycles. The van der Waals surface area contributed by atoms with Gasteiger partial charge in [0, 0.05) is 12.2 Å². The van der Waals surface area contributed by atoms with Crippen LogP contribution in [0.1, 0.15) is 23.2 Å². The Morgan fingerprint density at radius 1 is 1.35 bits per heavy atom. The van der Waals surface area contributed by atoms with Gasteiger partial charge in [0.1, 0.15) is 0 Å². The fraction of sp³-hybridized carbons (Fsp3) is 0.333. The van der Waals surface area contributed by atoms with Gasteiger partial charge in [0.15, 0.2) is 0 Å². The summed E-state index contributed by atoms with van der Waals surface area (Å²) >= 11 is 0. The monoisotopic (exact) mass is 272 g/mol. The average Bonchev–Trinajstić information content (AvgIpc) is 3.23. The molecule has 5 heteroatoms. The van der Waals surface area contributed by atoms with Gasteiger partial charge in [0.25, 0.3) is 0 Å². The van der Waals surface area contributed by atoms with E-state index in [0.717, 1.165) is 12.8 Å². The molecule has 2 N–H and O–H groups in total. The molecule has 2 amide bonds. The number of carbonyl (C=O) groups excluding carboxylic acids is 1. The summed E-state index contributed by atoms with van der Waals surface area (Å²) in [5.41, 5.74) is 0.735. The number of aromatic carboxylic acids is 1. The van der Waals surface area contributed by atoms with Gasteiger partial charge < -0.3 is 15.3 Å². The summed E-state index contributed by atoms with van der Waals surface area (Å²) in [5, 5.41) is 11.5. The Labute approximate surface area is 117 Å². The zero-order chi connectivity index (χ0) is 14.5. The van der Waals surface area contributed by atoms with Crippen molar-refractivity contribution in [2.45, 2.75) is 12.8 Å². The number of terminal acetylenes is 1. The summed E-state index contributed by atoms with van der Waals surface area (Å²) in [7, 11) is 0. The van der Waals surface area contributed by atoms with E-state index in [2.05, 4.69) is 11.2 Å². The van der Waals surface area contributed by atoms with Crippen LogP contribution in [0.4, 0.5) is 10.5 Å². The molecule has 0 saturated heterocycles. The fourth-order valence-corrected chi connectivity index (χ4v) is 1.84. The molecule has 5 nitrogen and oxygen atoms in total. The highest BCUT2D eigenvalue weighted by Gasteiger charge is 2.26. The number of urea groups is 1. The number of anilines is 1. The Morgan fingerprint density at radius 2 is 2.00 bits per heavy atom. The minimum atomic E-state index is -0.995. The van der Waals surface area contributed by atoms with E-state index in [1.165, 1.54) is 12.1 Å². The molecule has 0 heterocycles. The van der Waals surface area contributed by atoms with E-state index in [0.29, 0.717) is 18.2 Å². The van der Waals surface area contributed by atoms with Crippen molar-refractivity contribution in [2.75, 3.05) is 18.4 Å². The maximum absolute atomic E-state index is 12.1. The molecule has 0 radical (unpaired) electrons. The van der Waals surface area contributed by atoms with Crippen molar-refractivity contribution in [1.82, 2.24) is 4.90 Å². The normalized spacial score (nSPS) is 13.3. The predicted octanol–water partition coefficient (Wildman–Crippen LogP) is 2.26. The summed E-state index contributed by atoms with van der Waals surface area (Å²) in [6.45, 7) is 0.943. The van der Waals surface area contributed by atoms with Gasteiger partial charge in [0.05, 0.1) is 12.1 Å². The highest BCUT2D eigenvalue weighted by molar-refractivity contribution is 5.91. The van der Waals surface area contributed by atoms with Crippen LogP contribution in [0.3, 0.4) is 0 Å². The molecule has 1 aliphatic carbocycles. The van der Waals surface area contributed by atoms with E-state index >= 15 is 0 Å². The number of carbonyl (C=O) groups is 2. The molecule has 1 saturated carbocycles. The van der Waals surface area contributed by atoms with Gasteiger partial charge in [-0.3, -0.25) is 0 Å². The van der Waals surface area contributed by atoms with Crippen molar-refractivity contribution in [3.8, 4) is 12.3 Å². The molecule has 2 rings (SSSR count). The van der Waals surface area contributed by atoms with Gasteiger partial charge in [-0.1, -0.05) is 5.92 Å². The number of hydrogen-bond acceptors (Lipinski definition) is 2. The van der Waals surface area contributed by atoms with Crippen molar-refractivity contribution in [1.29, 1.82) is 0 Å². The van der Waals surface area contributed by atoms with Crippen LogP contribution < -0.4 is 5.32 Å². The van der Waals surface area contributed by atoms with Gasteiger partial charge in [-0.2, -0.15) is 0 Å². The van der Waals surface area contributed by atoms with Gasteiger partial charge in [0.2, 0.25) is 0 Å². The Kier molecular flexibility index (Phi) is 4.26. The van der Waals surface area contributed by atoms with Crippen LogP contribution in [-0.2, 0) is 0 Å². The molecule has 0 aliphatic heterocycles. The lowest BCUT2D eigenvalue weighted by atomic mass is 10.2. The molecule has 1 aliphatic rings. The molecule has 1 aromatic rings. The third kappa shape index (κ3) is 3.75. The number of amides is 2. The first-order chi connectivity index (χ1) is 9.60. The van der Waals surface area contributed by atoms with Crippen LogP contribution in [0.15, 0.2) is 24.3 Å². The second kappa shape index (κ2) is 6.11. The summed E-state index contributed by atoms with van der Waals surface area (Å²) in [5.74, 6) is 2.04. The second-order valence-electron chi connectivity index (χ2n) is 4.84. The quantitative estimate of drug-likeness (QED) is 0.808.